The smallest absolute Gasteiger partial charge is 0.250 e. The monoisotopic (exact) mass is 451 g/mol. The zero-order valence-corrected chi connectivity index (χ0v) is 19.5. The second-order valence-electron chi connectivity index (χ2n) is 8.20. The molecule has 7 heteroatoms. The Morgan fingerprint density at radius 2 is 1.88 bits per heavy atom. The van der Waals surface area contributed by atoms with E-state index in [-0.39, 0.29) is 12.0 Å². The molecule has 0 bridgehead atoms. The van der Waals surface area contributed by atoms with Gasteiger partial charge in [-0.3, -0.25) is 4.79 Å². The Morgan fingerprint density at radius 1 is 1.12 bits per heavy atom. The lowest BCUT2D eigenvalue weighted by molar-refractivity contribution is -0.120. The van der Waals surface area contributed by atoms with E-state index >= 15 is 0 Å². The van der Waals surface area contributed by atoms with Crippen molar-refractivity contribution < 1.29 is 14.3 Å². The number of anilines is 1. The first-order chi connectivity index (χ1) is 15.5. The van der Waals surface area contributed by atoms with Crippen LogP contribution < -0.4 is 9.75 Å². The van der Waals surface area contributed by atoms with Crippen LogP contribution in [0.3, 0.4) is 0 Å². The second kappa shape index (κ2) is 10.1. The molecule has 2 aromatic rings. The molecule has 2 aromatic carbocycles. The Hall–Kier alpha value is -2.90. The highest BCUT2D eigenvalue weighted by atomic mass is 32.2. The van der Waals surface area contributed by atoms with Crippen LogP contribution in [0, 0.1) is 0 Å². The summed E-state index contributed by atoms with van der Waals surface area (Å²) in [6.45, 7) is 3.33. The number of ether oxygens (including phenoxy) is 2. The van der Waals surface area contributed by atoms with Crippen LogP contribution in [0.5, 0.6) is 5.75 Å². The van der Waals surface area contributed by atoms with Gasteiger partial charge in [-0.25, -0.2) is 9.42 Å². The highest BCUT2D eigenvalue weighted by Crippen LogP contribution is 2.37. The van der Waals surface area contributed by atoms with Gasteiger partial charge in [0.05, 0.1) is 24.1 Å². The van der Waals surface area contributed by atoms with Gasteiger partial charge in [-0.05, 0) is 68.9 Å². The zero-order valence-electron chi connectivity index (χ0n) is 18.7. The third kappa shape index (κ3) is 5.29. The number of allylic oxidation sites excluding steroid dienone is 1. The summed E-state index contributed by atoms with van der Waals surface area (Å²) in [6, 6.07) is 18.0. The first-order valence-electron chi connectivity index (χ1n) is 10.7. The molecule has 6 nitrogen and oxygen atoms in total. The van der Waals surface area contributed by atoms with E-state index in [0.29, 0.717) is 13.0 Å². The fourth-order valence-electron chi connectivity index (χ4n) is 3.80. The van der Waals surface area contributed by atoms with Crippen LogP contribution in [0.2, 0.25) is 0 Å². The molecule has 0 spiro atoms. The maximum absolute atomic E-state index is 13.2. The Morgan fingerprint density at radius 3 is 2.59 bits per heavy atom. The van der Waals surface area contributed by atoms with Gasteiger partial charge < -0.3 is 14.4 Å². The van der Waals surface area contributed by atoms with Gasteiger partial charge in [-0.15, -0.1) is 0 Å². The molecule has 0 aliphatic carbocycles. The van der Waals surface area contributed by atoms with Gasteiger partial charge in [0, 0.05) is 17.9 Å². The van der Waals surface area contributed by atoms with Gasteiger partial charge in [-0.1, -0.05) is 30.3 Å². The van der Waals surface area contributed by atoms with Crippen molar-refractivity contribution in [2.45, 2.75) is 25.2 Å². The maximum Gasteiger partial charge on any atom is 0.250 e. The maximum atomic E-state index is 13.2. The quantitative estimate of drug-likeness (QED) is 0.546. The average molecular weight is 452 g/mol. The third-order valence-corrected chi connectivity index (χ3v) is 6.23. The molecule has 2 aliphatic rings. The van der Waals surface area contributed by atoms with Gasteiger partial charge in [0.2, 0.25) is 0 Å². The molecule has 4 rings (SSSR count). The van der Waals surface area contributed by atoms with E-state index in [9.17, 15) is 4.79 Å². The number of likely N-dealkylation sites (N-methyl/N-ethyl adjacent to an activating group) is 1. The third-order valence-electron chi connectivity index (χ3n) is 5.17. The predicted molar refractivity (Wildman–Crippen MR) is 129 cm³/mol. The summed E-state index contributed by atoms with van der Waals surface area (Å²) in [6.07, 6.45) is 4.06. The molecule has 0 aromatic heterocycles. The second-order valence-corrected chi connectivity index (χ2v) is 9.09. The molecule has 0 radical (unpaired) electrons. The highest BCUT2D eigenvalue weighted by molar-refractivity contribution is 7.96. The molecule has 168 valence electrons. The first kappa shape index (κ1) is 22.3. The molecule has 1 amide bonds. The van der Waals surface area contributed by atoms with Gasteiger partial charge in [-0.2, -0.15) is 0 Å². The fraction of sp³-hybridized carbons (Fsp3) is 0.320. The van der Waals surface area contributed by atoms with Gasteiger partial charge in [0.25, 0.3) is 5.91 Å². The van der Waals surface area contributed by atoms with Crippen molar-refractivity contribution in [3.05, 3.63) is 83.8 Å². The van der Waals surface area contributed by atoms with E-state index in [1.807, 2.05) is 67.1 Å². The van der Waals surface area contributed by atoms with Crippen LogP contribution in [-0.2, 0) is 15.3 Å². The number of hydrogen-bond acceptors (Lipinski definition) is 6. The molecule has 1 atom stereocenters. The van der Waals surface area contributed by atoms with Crippen molar-refractivity contribution >= 4 is 23.5 Å². The molecule has 2 aliphatic heterocycles. The Balaban J connectivity index is 1.56. The summed E-state index contributed by atoms with van der Waals surface area (Å²) >= 11 is 1.60. The summed E-state index contributed by atoms with van der Waals surface area (Å²) < 4.78 is 13.5. The normalized spacial score (nSPS) is 16.8. The Labute approximate surface area is 194 Å². The number of rotatable bonds is 8. The molecular formula is C25H29N3O3S. The number of amides is 1. The number of hydrazine groups is 1. The lowest BCUT2D eigenvalue weighted by Crippen LogP contribution is -2.46. The van der Waals surface area contributed by atoms with Crippen LogP contribution in [0.25, 0.3) is 0 Å². The predicted octanol–water partition coefficient (Wildman–Crippen LogP) is 4.62. The van der Waals surface area contributed by atoms with E-state index in [4.69, 9.17) is 9.47 Å². The topological polar surface area (TPSA) is 45.3 Å². The minimum Gasteiger partial charge on any atom is -0.497 e. The Kier molecular flexibility index (Phi) is 7.07. The van der Waals surface area contributed by atoms with Gasteiger partial charge >= 0.3 is 0 Å². The largest absolute Gasteiger partial charge is 0.497 e. The molecule has 32 heavy (non-hydrogen) atoms. The Bertz CT molecular complexity index is 989. The van der Waals surface area contributed by atoms with E-state index in [2.05, 4.69) is 24.0 Å². The summed E-state index contributed by atoms with van der Waals surface area (Å²) in [5.41, 5.74) is 4.03. The lowest BCUT2D eigenvalue weighted by atomic mass is 10.1. The molecule has 0 N–H and O–H groups in total. The number of carbonyl (C=O) groups is 1. The van der Waals surface area contributed by atoms with Crippen LogP contribution in [-0.4, -0.2) is 48.6 Å². The minimum absolute atomic E-state index is 0.0258. The number of nitrogens with zero attached hydrogens (tertiary/aromatic N) is 3. The summed E-state index contributed by atoms with van der Waals surface area (Å²) in [5, 5.41) is 1.76. The summed E-state index contributed by atoms with van der Waals surface area (Å²) in [7, 11) is 4.06. The van der Waals surface area contributed by atoms with Gasteiger partial charge in [0.15, 0.2) is 0 Å². The van der Waals surface area contributed by atoms with E-state index in [0.717, 1.165) is 35.0 Å². The average Bonchev–Trinajstić information content (AvgIpc) is 2.78. The summed E-state index contributed by atoms with van der Waals surface area (Å²) in [4.78, 5) is 15.3. The van der Waals surface area contributed by atoms with E-state index in [1.165, 1.54) is 5.56 Å². The van der Waals surface area contributed by atoms with Crippen LogP contribution in [0.1, 0.15) is 18.9 Å². The van der Waals surface area contributed by atoms with Crippen LogP contribution in [0.15, 0.2) is 78.2 Å². The molecule has 0 fully saturated rings. The molecule has 0 saturated heterocycles. The first-order valence-corrected chi connectivity index (χ1v) is 11.7. The lowest BCUT2D eigenvalue weighted by Gasteiger charge is -2.41. The molecular weight excluding hydrogens is 422 g/mol. The van der Waals surface area contributed by atoms with E-state index in [1.54, 1.807) is 23.2 Å². The SMILES string of the molecule is CC(CN(C)C)Oc1ccc(N2C(=O)CC3=C(C=COC3)N2SCc2ccccc2)cc1. The molecule has 2 heterocycles. The highest BCUT2D eigenvalue weighted by Gasteiger charge is 2.34. The van der Waals surface area contributed by atoms with Gasteiger partial charge in [0.1, 0.15) is 18.5 Å². The van der Waals surface area contributed by atoms with Crippen LogP contribution in [0.4, 0.5) is 5.69 Å². The number of hydrogen-bond donors (Lipinski definition) is 0. The van der Waals surface area contributed by atoms with E-state index < -0.39 is 0 Å². The number of benzene rings is 2. The summed E-state index contributed by atoms with van der Waals surface area (Å²) in [5.74, 6) is 1.57. The number of carbonyl (C=O) groups excluding carboxylic acids is 1. The van der Waals surface area contributed by atoms with Crippen molar-refractivity contribution in [3.8, 4) is 5.75 Å². The fourth-order valence-corrected chi connectivity index (χ4v) is 4.89. The standard InChI is InChI=1S/C25H29N3O3S/c1-19(16-26(2)3)31-23-11-9-22(10-12-23)27-25(29)15-21-17-30-14-13-24(21)28(27)32-18-20-7-5-4-6-8-20/h4-14,19H,15-18H2,1-3H3. The molecule has 0 saturated carbocycles. The van der Waals surface area contributed by atoms with Crippen molar-refractivity contribution in [1.82, 2.24) is 9.31 Å². The van der Waals surface area contributed by atoms with Crippen molar-refractivity contribution in [3.63, 3.8) is 0 Å². The van der Waals surface area contributed by atoms with Crippen LogP contribution >= 0.6 is 11.9 Å². The van der Waals surface area contributed by atoms with Crippen molar-refractivity contribution in [1.29, 1.82) is 0 Å². The minimum atomic E-state index is 0.0258. The van der Waals surface area contributed by atoms with Crippen molar-refractivity contribution in [2.75, 3.05) is 32.3 Å². The van der Waals surface area contributed by atoms with Crippen molar-refractivity contribution in [2.24, 2.45) is 0 Å². The zero-order chi connectivity index (χ0) is 22.5. The molecule has 1 unspecified atom stereocenters.